The first-order chi connectivity index (χ1) is 15.3. The van der Waals surface area contributed by atoms with Crippen LogP contribution in [0.2, 0.25) is 0 Å². The normalized spacial score (nSPS) is 18.5. The molecule has 0 aliphatic carbocycles. The van der Waals surface area contributed by atoms with Crippen molar-refractivity contribution in [3.8, 4) is 0 Å². The second-order valence-electron chi connectivity index (χ2n) is 8.77. The number of ether oxygens (including phenoxy) is 1. The monoisotopic (exact) mass is 427 g/mol. The van der Waals surface area contributed by atoms with Crippen molar-refractivity contribution in [1.29, 1.82) is 0 Å². The van der Waals surface area contributed by atoms with Crippen LogP contribution in [0.3, 0.4) is 0 Å². The number of unbranched alkanes of at least 4 members (excludes halogenated alkanes) is 1. The highest BCUT2D eigenvalue weighted by molar-refractivity contribution is 5.80. The lowest BCUT2D eigenvalue weighted by Crippen LogP contribution is -2.42. The molecule has 0 radical (unpaired) electrons. The first-order valence-corrected chi connectivity index (χ1v) is 12.0. The number of imidazole rings is 1. The predicted molar refractivity (Wildman–Crippen MR) is 124 cm³/mol. The van der Waals surface area contributed by atoms with Gasteiger partial charge in [-0.25, -0.2) is 4.98 Å². The van der Waals surface area contributed by atoms with Crippen molar-refractivity contribution < 1.29 is 9.53 Å². The van der Waals surface area contributed by atoms with Gasteiger partial charge in [-0.3, -0.25) is 9.69 Å². The molecule has 2 aromatic rings. The van der Waals surface area contributed by atoms with Gasteiger partial charge in [0.2, 0.25) is 11.9 Å². The fraction of sp³-hybridized carbons (Fsp3) is 0.667. The smallest absolute Gasteiger partial charge is 0.223 e. The number of rotatable bonds is 9. The molecule has 4 rings (SSSR count). The van der Waals surface area contributed by atoms with Gasteiger partial charge in [0, 0.05) is 45.2 Å². The average Bonchev–Trinajstić information content (AvgIpc) is 3.19. The lowest BCUT2D eigenvalue weighted by atomic mass is 9.96. The van der Waals surface area contributed by atoms with Gasteiger partial charge in [0.05, 0.1) is 24.2 Å². The van der Waals surface area contributed by atoms with E-state index in [0.717, 1.165) is 96.2 Å². The van der Waals surface area contributed by atoms with Crippen LogP contribution in [0.5, 0.6) is 0 Å². The quantitative estimate of drug-likeness (QED) is 0.624. The number of para-hydroxylation sites is 2. The summed E-state index contributed by atoms with van der Waals surface area (Å²) in [5.74, 6) is 1.41. The molecule has 3 heterocycles. The highest BCUT2D eigenvalue weighted by Gasteiger charge is 2.27. The van der Waals surface area contributed by atoms with Crippen molar-refractivity contribution in [1.82, 2.24) is 19.8 Å². The van der Waals surface area contributed by atoms with E-state index >= 15 is 0 Å². The van der Waals surface area contributed by atoms with Gasteiger partial charge in [-0.1, -0.05) is 25.5 Å². The number of carbonyl (C=O) groups excluding carboxylic acids is 1. The second-order valence-corrected chi connectivity index (χ2v) is 8.77. The topological polar surface area (TPSA) is 62.6 Å². The summed E-state index contributed by atoms with van der Waals surface area (Å²) in [7, 11) is 0. The highest BCUT2D eigenvalue weighted by Crippen LogP contribution is 2.27. The largest absolute Gasteiger partial charge is 0.379 e. The van der Waals surface area contributed by atoms with Crippen molar-refractivity contribution >= 4 is 22.9 Å². The van der Waals surface area contributed by atoms with Crippen LogP contribution in [0.25, 0.3) is 11.0 Å². The fourth-order valence-corrected chi connectivity index (χ4v) is 4.67. The number of hydrogen-bond acceptors (Lipinski definition) is 5. The van der Waals surface area contributed by atoms with Crippen molar-refractivity contribution in [2.75, 3.05) is 57.4 Å². The first-order valence-electron chi connectivity index (χ1n) is 12.0. The van der Waals surface area contributed by atoms with Crippen LogP contribution in [0.15, 0.2) is 24.3 Å². The Kier molecular flexibility index (Phi) is 7.81. The van der Waals surface area contributed by atoms with Crippen LogP contribution in [-0.4, -0.2) is 72.8 Å². The van der Waals surface area contributed by atoms with E-state index < -0.39 is 0 Å². The zero-order chi connectivity index (χ0) is 21.5. The first kappa shape index (κ1) is 22.1. The summed E-state index contributed by atoms with van der Waals surface area (Å²) in [6, 6.07) is 8.40. The zero-order valence-electron chi connectivity index (χ0n) is 18.9. The van der Waals surface area contributed by atoms with E-state index in [2.05, 4.69) is 50.9 Å². The number of fused-ring (bicyclic) bond motifs is 1. The number of amides is 1. The minimum Gasteiger partial charge on any atom is -0.379 e. The molecule has 0 saturated carbocycles. The number of hydrogen-bond donors (Lipinski definition) is 1. The van der Waals surface area contributed by atoms with Crippen LogP contribution in [0.1, 0.15) is 39.0 Å². The molecule has 1 amide bonds. The summed E-state index contributed by atoms with van der Waals surface area (Å²) < 4.78 is 7.75. The average molecular weight is 428 g/mol. The molecule has 1 aromatic carbocycles. The Bertz CT molecular complexity index is 838. The number of benzene rings is 1. The number of anilines is 1. The van der Waals surface area contributed by atoms with Crippen LogP contribution in [0, 0.1) is 5.92 Å². The Morgan fingerprint density at radius 1 is 1.10 bits per heavy atom. The molecule has 2 aliphatic heterocycles. The van der Waals surface area contributed by atoms with E-state index in [0.29, 0.717) is 0 Å². The third-order valence-corrected chi connectivity index (χ3v) is 6.57. The number of morpholine rings is 1. The molecule has 7 nitrogen and oxygen atoms in total. The van der Waals surface area contributed by atoms with Crippen LogP contribution >= 0.6 is 0 Å². The zero-order valence-corrected chi connectivity index (χ0v) is 18.9. The molecule has 2 aliphatic rings. The molecule has 170 valence electrons. The number of nitrogens with one attached hydrogen (secondary N) is 1. The molecular formula is C24H37N5O2. The van der Waals surface area contributed by atoms with E-state index in [1.807, 2.05) is 0 Å². The van der Waals surface area contributed by atoms with Gasteiger partial charge in [-0.05, 0) is 44.4 Å². The van der Waals surface area contributed by atoms with Gasteiger partial charge in [-0.15, -0.1) is 0 Å². The molecule has 1 aromatic heterocycles. The Labute approximate surface area is 185 Å². The van der Waals surface area contributed by atoms with Crippen molar-refractivity contribution in [3.63, 3.8) is 0 Å². The fourth-order valence-electron chi connectivity index (χ4n) is 4.67. The predicted octanol–water partition coefficient (Wildman–Crippen LogP) is 2.89. The van der Waals surface area contributed by atoms with Crippen LogP contribution in [0.4, 0.5) is 5.95 Å². The third-order valence-electron chi connectivity index (χ3n) is 6.57. The summed E-state index contributed by atoms with van der Waals surface area (Å²) in [4.78, 5) is 22.4. The summed E-state index contributed by atoms with van der Waals surface area (Å²) in [6.45, 7) is 10.5. The maximum atomic E-state index is 12.7. The molecule has 2 saturated heterocycles. The maximum absolute atomic E-state index is 12.7. The maximum Gasteiger partial charge on any atom is 0.223 e. The summed E-state index contributed by atoms with van der Waals surface area (Å²) >= 11 is 0. The minimum atomic E-state index is 0.119. The van der Waals surface area contributed by atoms with E-state index in [1.54, 1.807) is 0 Å². The molecule has 0 atom stereocenters. The molecule has 0 unspecified atom stereocenters. The summed E-state index contributed by atoms with van der Waals surface area (Å²) in [5, 5.41) is 3.17. The van der Waals surface area contributed by atoms with Gasteiger partial charge < -0.3 is 19.5 Å². The van der Waals surface area contributed by atoms with E-state index in [-0.39, 0.29) is 11.8 Å². The molecule has 7 heteroatoms. The Morgan fingerprint density at radius 3 is 2.65 bits per heavy atom. The third kappa shape index (κ3) is 5.57. The number of carbonyl (C=O) groups is 1. The van der Waals surface area contributed by atoms with Gasteiger partial charge in [-0.2, -0.15) is 0 Å². The second kappa shape index (κ2) is 11.0. The van der Waals surface area contributed by atoms with Gasteiger partial charge >= 0.3 is 0 Å². The number of aromatic nitrogens is 2. The van der Waals surface area contributed by atoms with Crippen molar-refractivity contribution in [3.05, 3.63) is 24.3 Å². The molecule has 0 bridgehead atoms. The Morgan fingerprint density at radius 2 is 1.87 bits per heavy atom. The highest BCUT2D eigenvalue weighted by atomic mass is 16.5. The molecule has 31 heavy (non-hydrogen) atoms. The summed E-state index contributed by atoms with van der Waals surface area (Å²) in [5.41, 5.74) is 2.28. The van der Waals surface area contributed by atoms with Crippen molar-refractivity contribution in [2.45, 2.75) is 45.6 Å². The minimum absolute atomic E-state index is 0.119. The number of aryl methyl sites for hydroxylation is 1. The van der Waals surface area contributed by atoms with E-state index in [9.17, 15) is 4.79 Å². The van der Waals surface area contributed by atoms with Crippen molar-refractivity contribution in [2.24, 2.45) is 5.92 Å². The van der Waals surface area contributed by atoms with Crippen LogP contribution < -0.4 is 10.2 Å². The van der Waals surface area contributed by atoms with Gasteiger partial charge in [0.15, 0.2) is 0 Å². The number of nitrogens with zero attached hydrogens (tertiary/aromatic N) is 4. The molecule has 2 fully saturated rings. The molecule has 1 N–H and O–H groups in total. The lowest BCUT2D eigenvalue weighted by molar-refractivity contribution is -0.125. The van der Waals surface area contributed by atoms with E-state index in [1.165, 1.54) is 11.9 Å². The van der Waals surface area contributed by atoms with Crippen LogP contribution in [-0.2, 0) is 16.1 Å². The molecule has 0 spiro atoms. The Balaban J connectivity index is 1.27. The SMILES string of the molecule is CCCCn1c(N2CCC(C(=O)NCCCN3CCOCC3)CC2)nc2ccccc21. The standard InChI is InChI=1S/C24H37N5O2/c1-2-3-13-29-22-8-5-4-7-21(22)26-24(29)28-14-9-20(10-15-28)23(30)25-11-6-12-27-16-18-31-19-17-27/h4-5,7-8,20H,2-3,6,9-19H2,1H3,(H,25,30). The van der Waals surface area contributed by atoms with E-state index in [4.69, 9.17) is 9.72 Å². The molecular weight excluding hydrogens is 390 g/mol. The lowest BCUT2D eigenvalue weighted by Gasteiger charge is -2.32. The van der Waals surface area contributed by atoms with Gasteiger partial charge in [0.25, 0.3) is 0 Å². The van der Waals surface area contributed by atoms with Gasteiger partial charge in [0.1, 0.15) is 0 Å². The Hall–Kier alpha value is -2.12. The number of piperidine rings is 1. The summed E-state index contributed by atoms with van der Waals surface area (Å²) in [6.07, 6.45) is 5.11.